The normalized spacial score (nSPS) is 11.2. The second-order valence-electron chi connectivity index (χ2n) is 5.57. The summed E-state index contributed by atoms with van der Waals surface area (Å²) >= 11 is 0. The fourth-order valence-electron chi connectivity index (χ4n) is 2.51. The molecule has 0 fully saturated rings. The van der Waals surface area contributed by atoms with Crippen LogP contribution in [0.25, 0.3) is 5.57 Å². The van der Waals surface area contributed by atoms with E-state index in [9.17, 15) is 14.7 Å². The molecule has 1 N–H and O–H groups in total. The molecule has 130 valence electrons. The smallest absolute Gasteiger partial charge is 0.335 e. The largest absolute Gasteiger partial charge is 0.478 e. The van der Waals surface area contributed by atoms with Crippen LogP contribution in [0.2, 0.25) is 0 Å². The molecular formula is C20H21NO4. The lowest BCUT2D eigenvalue weighted by Crippen LogP contribution is -1.99. The Kier molecular flexibility index (Phi) is 6.89. The van der Waals surface area contributed by atoms with Gasteiger partial charge in [0, 0.05) is 24.4 Å². The zero-order valence-corrected chi connectivity index (χ0v) is 14.1. The van der Waals surface area contributed by atoms with E-state index in [0.717, 1.165) is 36.0 Å². The number of methoxy groups -OCH3 is 1. The maximum Gasteiger partial charge on any atom is 0.335 e. The van der Waals surface area contributed by atoms with Gasteiger partial charge in [0.2, 0.25) is 0 Å². The van der Waals surface area contributed by atoms with Gasteiger partial charge in [0.1, 0.15) is 0 Å². The number of carbonyl (C=O) groups is 2. The van der Waals surface area contributed by atoms with E-state index in [0.29, 0.717) is 6.42 Å². The summed E-state index contributed by atoms with van der Waals surface area (Å²) in [6.07, 6.45) is 8.30. The van der Waals surface area contributed by atoms with E-state index in [4.69, 9.17) is 0 Å². The molecule has 1 aromatic heterocycles. The Balaban J connectivity index is 2.19. The first kappa shape index (κ1) is 18.4. The number of aromatic nitrogens is 1. The van der Waals surface area contributed by atoms with Crippen molar-refractivity contribution in [3.63, 3.8) is 0 Å². The summed E-state index contributed by atoms with van der Waals surface area (Å²) in [6.45, 7) is 0. The molecule has 0 atom stereocenters. The lowest BCUT2D eigenvalue weighted by Gasteiger charge is -2.09. The number of benzene rings is 1. The first-order valence-electron chi connectivity index (χ1n) is 8.13. The number of ether oxygens (including phenoxy) is 1. The summed E-state index contributed by atoms with van der Waals surface area (Å²) in [5, 5.41) is 9.21. The van der Waals surface area contributed by atoms with Crippen molar-refractivity contribution in [3.8, 4) is 0 Å². The van der Waals surface area contributed by atoms with Crippen molar-refractivity contribution in [1.82, 2.24) is 4.98 Å². The van der Waals surface area contributed by atoms with Crippen LogP contribution in [0.3, 0.4) is 0 Å². The van der Waals surface area contributed by atoms with Gasteiger partial charge < -0.3 is 9.84 Å². The van der Waals surface area contributed by atoms with Crippen molar-refractivity contribution in [3.05, 3.63) is 71.6 Å². The fourth-order valence-corrected chi connectivity index (χ4v) is 2.51. The topological polar surface area (TPSA) is 76.5 Å². The molecule has 0 aliphatic heterocycles. The Labute approximate surface area is 147 Å². The number of carbonyl (C=O) groups excluding carboxylic acids is 1. The minimum atomic E-state index is -0.953. The number of allylic oxidation sites excluding steroid dienone is 1. The molecular weight excluding hydrogens is 318 g/mol. The van der Waals surface area contributed by atoms with Crippen LogP contribution in [0.1, 0.15) is 47.2 Å². The number of nitrogens with zero attached hydrogens (tertiary/aromatic N) is 1. The van der Waals surface area contributed by atoms with E-state index < -0.39 is 5.97 Å². The van der Waals surface area contributed by atoms with E-state index in [-0.39, 0.29) is 11.5 Å². The Morgan fingerprint density at radius 2 is 1.88 bits per heavy atom. The fraction of sp³-hybridized carbons (Fsp3) is 0.250. The van der Waals surface area contributed by atoms with Gasteiger partial charge in [0.15, 0.2) is 0 Å². The summed E-state index contributed by atoms with van der Waals surface area (Å²) < 4.78 is 4.63. The maximum absolute atomic E-state index is 11.2. The van der Waals surface area contributed by atoms with Crippen LogP contribution < -0.4 is 0 Å². The Morgan fingerprint density at radius 3 is 2.56 bits per heavy atom. The average molecular weight is 339 g/mol. The highest BCUT2D eigenvalue weighted by molar-refractivity contribution is 5.90. The molecule has 0 unspecified atom stereocenters. The highest BCUT2D eigenvalue weighted by Gasteiger charge is 2.09. The van der Waals surface area contributed by atoms with Crippen LogP contribution in [0.5, 0.6) is 0 Å². The minimum Gasteiger partial charge on any atom is -0.478 e. The first-order valence-corrected chi connectivity index (χ1v) is 8.13. The van der Waals surface area contributed by atoms with Gasteiger partial charge in [-0.1, -0.05) is 24.3 Å². The van der Waals surface area contributed by atoms with Gasteiger partial charge in [-0.3, -0.25) is 9.78 Å². The number of rotatable bonds is 8. The van der Waals surface area contributed by atoms with Gasteiger partial charge in [-0.15, -0.1) is 0 Å². The first-order chi connectivity index (χ1) is 12.1. The predicted molar refractivity (Wildman–Crippen MR) is 95.2 cm³/mol. The highest BCUT2D eigenvalue weighted by atomic mass is 16.5. The number of esters is 1. The van der Waals surface area contributed by atoms with Gasteiger partial charge in [0.05, 0.1) is 12.7 Å². The van der Waals surface area contributed by atoms with Crippen molar-refractivity contribution in [2.75, 3.05) is 7.11 Å². The second kappa shape index (κ2) is 9.37. The standard InChI is InChI=1S/C20H21NO4/c1-25-19(22)11-4-2-3-10-18(17-9-6-12-21-14-17)15-7-5-8-16(13-15)20(23)24/h5-10,12-14H,2-4,11H2,1H3,(H,23,24)/b18-10-. The van der Waals surface area contributed by atoms with Crippen molar-refractivity contribution in [2.45, 2.75) is 25.7 Å². The third-order valence-electron chi connectivity index (χ3n) is 3.80. The number of pyridine rings is 1. The Bertz CT molecular complexity index is 753. The van der Waals surface area contributed by atoms with E-state index in [1.165, 1.54) is 7.11 Å². The molecule has 25 heavy (non-hydrogen) atoms. The molecule has 0 aliphatic rings. The summed E-state index contributed by atoms with van der Waals surface area (Å²) in [7, 11) is 1.39. The van der Waals surface area contributed by atoms with Gasteiger partial charge >= 0.3 is 11.9 Å². The second-order valence-corrected chi connectivity index (χ2v) is 5.57. The molecule has 5 heteroatoms. The van der Waals surface area contributed by atoms with E-state index >= 15 is 0 Å². The average Bonchev–Trinajstić information content (AvgIpc) is 2.65. The lowest BCUT2D eigenvalue weighted by atomic mass is 9.96. The van der Waals surface area contributed by atoms with Gasteiger partial charge in [0.25, 0.3) is 0 Å². The van der Waals surface area contributed by atoms with Crippen LogP contribution in [0, 0.1) is 0 Å². The zero-order valence-electron chi connectivity index (χ0n) is 14.1. The van der Waals surface area contributed by atoms with Crippen LogP contribution >= 0.6 is 0 Å². The van der Waals surface area contributed by atoms with E-state index in [2.05, 4.69) is 15.8 Å². The van der Waals surface area contributed by atoms with Gasteiger partial charge in [-0.05, 0) is 48.6 Å². The van der Waals surface area contributed by atoms with Crippen molar-refractivity contribution in [1.29, 1.82) is 0 Å². The van der Waals surface area contributed by atoms with Crippen molar-refractivity contribution >= 4 is 17.5 Å². The third kappa shape index (κ3) is 5.57. The maximum atomic E-state index is 11.2. The summed E-state index contributed by atoms with van der Waals surface area (Å²) in [5.74, 6) is -1.16. The minimum absolute atomic E-state index is 0.203. The summed E-state index contributed by atoms with van der Waals surface area (Å²) in [4.78, 5) is 26.5. The molecule has 0 saturated carbocycles. The number of unbranched alkanes of at least 4 members (excludes halogenated alkanes) is 2. The third-order valence-corrected chi connectivity index (χ3v) is 3.80. The SMILES string of the molecule is COC(=O)CCCC/C=C(\c1cccnc1)c1cccc(C(=O)O)c1. The highest BCUT2D eigenvalue weighted by Crippen LogP contribution is 2.25. The number of hydrogen-bond acceptors (Lipinski definition) is 4. The number of carboxylic acid groups (broad SMARTS) is 1. The molecule has 0 spiro atoms. The van der Waals surface area contributed by atoms with Crippen molar-refractivity contribution < 1.29 is 19.4 Å². The molecule has 0 aliphatic carbocycles. The van der Waals surface area contributed by atoms with Crippen LogP contribution in [0.15, 0.2) is 54.9 Å². The van der Waals surface area contributed by atoms with Crippen LogP contribution in [-0.4, -0.2) is 29.1 Å². The molecule has 0 saturated heterocycles. The van der Waals surface area contributed by atoms with E-state index in [1.54, 1.807) is 30.6 Å². The Morgan fingerprint density at radius 1 is 1.12 bits per heavy atom. The summed E-state index contributed by atoms with van der Waals surface area (Å²) in [6, 6.07) is 10.7. The Hall–Kier alpha value is -2.95. The van der Waals surface area contributed by atoms with Crippen LogP contribution in [0.4, 0.5) is 0 Å². The molecule has 5 nitrogen and oxygen atoms in total. The molecule has 2 aromatic rings. The lowest BCUT2D eigenvalue weighted by molar-refractivity contribution is -0.140. The monoisotopic (exact) mass is 339 g/mol. The molecule has 0 bridgehead atoms. The number of carboxylic acids is 1. The van der Waals surface area contributed by atoms with Crippen molar-refractivity contribution in [2.24, 2.45) is 0 Å². The zero-order chi connectivity index (χ0) is 18.1. The molecule has 0 radical (unpaired) electrons. The molecule has 0 amide bonds. The van der Waals surface area contributed by atoms with E-state index in [1.807, 2.05) is 18.2 Å². The number of aromatic carboxylic acids is 1. The molecule has 2 rings (SSSR count). The molecule has 1 aromatic carbocycles. The predicted octanol–water partition coefficient (Wildman–Crippen LogP) is 3.94. The quantitative estimate of drug-likeness (QED) is 0.582. The van der Waals surface area contributed by atoms with Crippen LogP contribution in [-0.2, 0) is 9.53 Å². The van der Waals surface area contributed by atoms with Gasteiger partial charge in [-0.2, -0.15) is 0 Å². The van der Waals surface area contributed by atoms with Gasteiger partial charge in [-0.25, -0.2) is 4.79 Å². The number of hydrogen-bond donors (Lipinski definition) is 1. The summed E-state index contributed by atoms with van der Waals surface area (Å²) in [5.41, 5.74) is 2.95. The molecule has 1 heterocycles.